The second kappa shape index (κ2) is 12.7. The first kappa shape index (κ1) is 29.3. The number of piperidine rings is 1. The number of hydrogen-bond donors (Lipinski definition) is 2. The fourth-order valence-electron chi connectivity index (χ4n) is 6.03. The number of nitrogens with two attached hydrogens (primary N) is 2. The van der Waals surface area contributed by atoms with Crippen LogP contribution in [0, 0.1) is 24.2 Å². The second-order valence-electron chi connectivity index (χ2n) is 10.7. The number of hydrogen-bond acceptors (Lipinski definition) is 10. The van der Waals surface area contributed by atoms with Crippen molar-refractivity contribution < 1.29 is 4.74 Å². The van der Waals surface area contributed by atoms with Crippen LogP contribution in [-0.2, 0) is 12.0 Å². The molecule has 1 unspecified atom stereocenters. The van der Waals surface area contributed by atoms with Crippen molar-refractivity contribution in [3.63, 3.8) is 0 Å². The molecule has 11 heteroatoms. The quantitative estimate of drug-likeness (QED) is 0.235. The third-order valence-corrected chi connectivity index (χ3v) is 9.15. The van der Waals surface area contributed by atoms with Gasteiger partial charge in [0.25, 0.3) is 0 Å². The molecule has 0 saturated carbocycles. The Labute approximate surface area is 241 Å². The summed E-state index contributed by atoms with van der Waals surface area (Å²) in [7, 11) is 5.96. The topological polar surface area (TPSA) is 133 Å². The number of aryl methyl sites for hydroxylation is 1. The number of rotatable bonds is 6. The molecule has 10 nitrogen and oxygen atoms in total. The molecule has 2 aliphatic heterocycles. The molecule has 3 aliphatic rings. The van der Waals surface area contributed by atoms with Gasteiger partial charge in [0, 0.05) is 36.8 Å². The van der Waals surface area contributed by atoms with Crippen molar-refractivity contribution in [1.29, 1.82) is 5.26 Å². The van der Waals surface area contributed by atoms with Gasteiger partial charge in [-0.05, 0) is 71.0 Å². The zero-order valence-electron chi connectivity index (χ0n) is 23.6. The van der Waals surface area contributed by atoms with Gasteiger partial charge in [0.15, 0.2) is 0 Å². The second-order valence-corrected chi connectivity index (χ2v) is 11.8. The molecular weight excluding hydrogens is 522 g/mol. The minimum atomic E-state index is -0.487. The van der Waals surface area contributed by atoms with E-state index in [4.69, 9.17) is 16.3 Å². The molecule has 2 aromatic heterocycles. The van der Waals surface area contributed by atoms with E-state index in [9.17, 15) is 5.26 Å². The van der Waals surface area contributed by atoms with E-state index < -0.39 is 5.54 Å². The monoisotopic (exact) mass is 561 g/mol. The maximum atomic E-state index is 10.2. The third kappa shape index (κ3) is 5.64. The van der Waals surface area contributed by atoms with Gasteiger partial charge in [-0.25, -0.2) is 15.8 Å². The molecule has 4 N–H and O–H groups in total. The maximum Gasteiger partial charge on any atom is 0.317 e. The van der Waals surface area contributed by atoms with Crippen molar-refractivity contribution in [2.24, 2.45) is 16.6 Å². The van der Waals surface area contributed by atoms with Gasteiger partial charge < -0.3 is 25.3 Å². The highest BCUT2D eigenvalue weighted by Gasteiger charge is 2.47. The molecule has 212 valence electrons. The summed E-state index contributed by atoms with van der Waals surface area (Å²) >= 11 is 1.60. The van der Waals surface area contributed by atoms with Crippen LogP contribution in [0.3, 0.4) is 0 Å². The molecule has 2 fully saturated rings. The maximum absolute atomic E-state index is 10.2. The summed E-state index contributed by atoms with van der Waals surface area (Å²) in [5.41, 5.74) is 9.91. The van der Waals surface area contributed by atoms with Crippen LogP contribution in [0.5, 0.6) is 6.01 Å². The average molecular weight is 562 g/mol. The Morgan fingerprint density at radius 3 is 2.75 bits per heavy atom. The van der Waals surface area contributed by atoms with Crippen LogP contribution in [0.1, 0.15) is 66.6 Å². The lowest BCUT2D eigenvalue weighted by atomic mass is 9.72. The number of ether oxygens (including phenoxy) is 1. The van der Waals surface area contributed by atoms with Crippen LogP contribution in [0.4, 0.5) is 5.00 Å². The number of terminal acetylenes is 1. The van der Waals surface area contributed by atoms with Gasteiger partial charge in [0.1, 0.15) is 17.7 Å². The van der Waals surface area contributed by atoms with Crippen LogP contribution in [0.2, 0.25) is 0 Å². The number of likely N-dealkylation sites (N-methyl/N-ethyl adjacent to an activating group) is 1. The lowest BCUT2D eigenvalue weighted by Gasteiger charge is -2.49. The minimum Gasteiger partial charge on any atom is -0.462 e. The predicted octanol–water partition coefficient (Wildman–Crippen LogP) is 3.57. The number of likely N-dealkylation sites (tertiary alicyclic amines) is 1. The van der Waals surface area contributed by atoms with Crippen molar-refractivity contribution in [3.05, 3.63) is 39.7 Å². The summed E-state index contributed by atoms with van der Waals surface area (Å²) in [5, 5.41) is 12.8. The van der Waals surface area contributed by atoms with Crippen molar-refractivity contribution in [1.82, 2.24) is 24.8 Å². The van der Waals surface area contributed by atoms with Gasteiger partial charge in [0.2, 0.25) is 0 Å². The minimum absolute atomic E-state index is 0.327. The van der Waals surface area contributed by atoms with Gasteiger partial charge in [0.05, 0.1) is 34.5 Å². The van der Waals surface area contributed by atoms with Crippen LogP contribution in [0.15, 0.2) is 23.0 Å². The molecular formula is C29H39N9OS. The largest absolute Gasteiger partial charge is 0.462 e. The fourth-order valence-corrected chi connectivity index (χ4v) is 7.26. The lowest BCUT2D eigenvalue weighted by Crippen LogP contribution is -2.54. The van der Waals surface area contributed by atoms with Crippen molar-refractivity contribution in [2.75, 3.05) is 34.3 Å². The van der Waals surface area contributed by atoms with Gasteiger partial charge in [-0.15, -0.1) is 24.2 Å². The van der Waals surface area contributed by atoms with E-state index in [1.165, 1.54) is 11.3 Å². The Bertz CT molecular complexity index is 1320. The summed E-state index contributed by atoms with van der Waals surface area (Å²) in [6.45, 7) is 1.64. The standard InChI is InChI=1S/C27H37N9OS.C2H2/c1-34(2)17-32-25-19(15-28)23-22(38-25)9-5-12-27(23)11-4-8-21(36(27)30)24(29)20-10-13-31-26(33-20)37-16-18-7-6-14-35(18)3;1-2/h10,13,17-18H,4-9,11-12,14,16,29-30H2,1-3H3;1-2H/b24-21-,32-17+;/t18-,27?;/m0./s1. The zero-order valence-corrected chi connectivity index (χ0v) is 24.5. The van der Waals surface area contributed by atoms with E-state index in [0.717, 1.165) is 67.8 Å². The predicted molar refractivity (Wildman–Crippen MR) is 160 cm³/mol. The zero-order chi connectivity index (χ0) is 28.9. The van der Waals surface area contributed by atoms with Crippen LogP contribution < -0.4 is 16.3 Å². The molecule has 0 radical (unpaired) electrons. The highest BCUT2D eigenvalue weighted by Crippen LogP contribution is 2.53. The van der Waals surface area contributed by atoms with Gasteiger partial charge in [-0.3, -0.25) is 0 Å². The summed E-state index contributed by atoms with van der Waals surface area (Å²) in [5.74, 6) is 6.96. The number of thiophene rings is 1. The van der Waals surface area contributed by atoms with E-state index in [0.29, 0.717) is 35.6 Å². The molecule has 40 heavy (non-hydrogen) atoms. The molecule has 0 aromatic carbocycles. The van der Waals surface area contributed by atoms with Crippen LogP contribution >= 0.6 is 11.3 Å². The lowest BCUT2D eigenvalue weighted by molar-refractivity contribution is 0.0661. The number of nitrogens with zero attached hydrogens (tertiary/aromatic N) is 7. The first-order chi connectivity index (χ1) is 19.3. The number of aromatic nitrogens is 2. The molecule has 0 amide bonds. The molecule has 5 rings (SSSR count). The average Bonchev–Trinajstić information content (AvgIpc) is 3.56. The molecule has 2 saturated heterocycles. The first-order valence-electron chi connectivity index (χ1n) is 13.6. The van der Waals surface area contributed by atoms with Crippen molar-refractivity contribution in [2.45, 2.75) is 62.9 Å². The number of fused-ring (bicyclic) bond motifs is 2. The summed E-state index contributed by atoms with van der Waals surface area (Å²) in [6, 6.07) is 4.96. The molecule has 1 spiro atoms. The Morgan fingerprint density at radius 2 is 2.08 bits per heavy atom. The molecule has 2 aromatic rings. The Morgan fingerprint density at radius 1 is 1.32 bits per heavy atom. The number of aliphatic imine (C=N–C) groups is 1. The van der Waals surface area contributed by atoms with E-state index in [1.807, 2.05) is 24.0 Å². The molecule has 4 heterocycles. The highest BCUT2D eigenvalue weighted by molar-refractivity contribution is 7.16. The van der Waals surface area contributed by atoms with Crippen molar-refractivity contribution >= 4 is 28.4 Å². The molecule has 2 atom stereocenters. The highest BCUT2D eigenvalue weighted by atomic mass is 32.1. The smallest absolute Gasteiger partial charge is 0.317 e. The van der Waals surface area contributed by atoms with Gasteiger partial charge >= 0.3 is 6.01 Å². The van der Waals surface area contributed by atoms with Crippen LogP contribution in [-0.4, -0.2) is 71.5 Å². The van der Waals surface area contributed by atoms with E-state index in [2.05, 4.69) is 45.8 Å². The Balaban J connectivity index is 0.00000181. The van der Waals surface area contributed by atoms with E-state index >= 15 is 0 Å². The Kier molecular flexibility index (Phi) is 9.31. The van der Waals surface area contributed by atoms with E-state index in [-0.39, 0.29) is 0 Å². The summed E-state index contributed by atoms with van der Waals surface area (Å²) in [4.78, 5) is 18.9. The normalized spacial score (nSPS) is 23.8. The van der Waals surface area contributed by atoms with E-state index in [1.54, 1.807) is 29.9 Å². The van der Waals surface area contributed by atoms with Crippen LogP contribution in [0.25, 0.3) is 5.70 Å². The number of allylic oxidation sites excluding steroid dienone is 1. The summed E-state index contributed by atoms with van der Waals surface area (Å²) in [6.07, 6.45) is 19.0. The van der Waals surface area contributed by atoms with Gasteiger partial charge in [-0.2, -0.15) is 10.2 Å². The Hall–Kier alpha value is -3.64. The SMILES string of the molecule is C#C.CN(C)/C=N/c1sc2c(c1C#N)C1(CCC/C(=C(/N)c3ccnc(OC[C@@H]4CCCN4C)n3)N1N)CCC2. The fraction of sp³-hybridized carbons (Fsp3) is 0.517. The number of nitriles is 1. The molecule has 1 aliphatic carbocycles. The van der Waals surface area contributed by atoms with Gasteiger partial charge in [-0.1, -0.05) is 0 Å². The third-order valence-electron chi connectivity index (χ3n) is 7.99. The first-order valence-corrected chi connectivity index (χ1v) is 14.5. The number of hydrazine groups is 1. The molecule has 0 bridgehead atoms. The summed E-state index contributed by atoms with van der Waals surface area (Å²) < 4.78 is 5.96. The van der Waals surface area contributed by atoms with Crippen molar-refractivity contribution in [3.8, 4) is 24.9 Å².